The average Bonchev–Trinajstić information content (AvgIpc) is 3.18. The fourth-order valence-electron chi connectivity index (χ4n) is 5.44. The van der Waals surface area contributed by atoms with Crippen LogP contribution in [0.4, 0.5) is 43.9 Å². The molecule has 6 aromatic rings. The van der Waals surface area contributed by atoms with Crippen molar-refractivity contribution in [1.82, 2.24) is 0 Å². The normalized spacial score (nSPS) is 11.3. The van der Waals surface area contributed by atoms with Crippen molar-refractivity contribution in [3.63, 3.8) is 0 Å². The first-order valence-electron chi connectivity index (χ1n) is 15.2. The summed E-state index contributed by atoms with van der Waals surface area (Å²) in [5.74, 6) is -25.7. The van der Waals surface area contributed by atoms with E-state index >= 15 is 17.6 Å². The summed E-state index contributed by atoms with van der Waals surface area (Å²) in [4.78, 5) is 0. The number of halogens is 10. The van der Waals surface area contributed by atoms with Crippen LogP contribution in [-0.2, 0) is 0 Å². The highest BCUT2D eigenvalue weighted by Gasteiger charge is 2.42. The zero-order valence-corrected chi connectivity index (χ0v) is 28.0. The van der Waals surface area contributed by atoms with Crippen molar-refractivity contribution in [2.24, 2.45) is 4.66 Å². The van der Waals surface area contributed by atoms with E-state index in [1.54, 1.807) is 72.8 Å². The lowest BCUT2D eigenvalue weighted by Crippen LogP contribution is -2.50. The summed E-state index contributed by atoms with van der Waals surface area (Å²) in [6.07, 6.45) is 0. The summed E-state index contributed by atoms with van der Waals surface area (Å²) in [6, 6.07) is 32.9. The smallest absolute Gasteiger partial charge is 0.326 e. The monoisotopic (exact) mass is 753 g/mol. The lowest BCUT2D eigenvalue weighted by molar-refractivity contribution is 0.382. The van der Waals surface area contributed by atoms with Gasteiger partial charge in [0.05, 0.1) is 7.05 Å². The maximum absolute atomic E-state index is 15.7. The lowest BCUT2D eigenvalue weighted by atomic mass is 9.51. The minimum atomic E-state index is -4.11. The second-order valence-corrected chi connectivity index (χ2v) is 15.7. The van der Waals surface area contributed by atoms with Crippen LogP contribution in [0.5, 0.6) is 0 Å². The molecule has 52 heavy (non-hydrogen) atoms. The van der Waals surface area contributed by atoms with Crippen molar-refractivity contribution in [3.05, 3.63) is 179 Å². The fourth-order valence-corrected chi connectivity index (χ4v) is 10.6. The molecule has 0 aromatic heterocycles. The molecule has 6 aromatic carbocycles. The molecule has 14 heteroatoms. The summed E-state index contributed by atoms with van der Waals surface area (Å²) in [6.45, 7) is -3.02. The van der Waals surface area contributed by atoms with E-state index in [9.17, 15) is 26.3 Å². The second kappa shape index (κ2) is 15.3. The molecule has 0 saturated carbocycles. The molecule has 260 valence electrons. The first-order chi connectivity index (χ1) is 25.0. The van der Waals surface area contributed by atoms with E-state index in [1.807, 2.05) is 0 Å². The average molecular weight is 753 g/mol. The first kappa shape index (κ1) is 36.7. The van der Waals surface area contributed by atoms with Gasteiger partial charge in [-0.15, -0.1) is 0 Å². The molecule has 0 aliphatic rings. The van der Waals surface area contributed by atoms with Gasteiger partial charge in [-0.1, -0.05) is 127 Å². The summed E-state index contributed by atoms with van der Waals surface area (Å²) in [5.41, 5.74) is 2.42. The van der Waals surface area contributed by atoms with Crippen LogP contribution < -0.4 is 32.1 Å². The van der Waals surface area contributed by atoms with Crippen LogP contribution in [0.3, 0.4) is 0 Å². The zero-order chi connectivity index (χ0) is 37.2. The van der Waals surface area contributed by atoms with Gasteiger partial charge in [-0.3, -0.25) is 0 Å². The Morgan fingerprint density at radius 2 is 0.692 bits per heavy atom. The van der Waals surface area contributed by atoms with E-state index in [0.29, 0.717) is 0 Å². The minimum Gasteiger partial charge on any atom is -0.326 e. The maximum atomic E-state index is 15.7. The predicted molar refractivity (Wildman–Crippen MR) is 186 cm³/mol. The lowest BCUT2D eigenvalue weighted by Gasteiger charge is -2.25. The van der Waals surface area contributed by atoms with Gasteiger partial charge in [0.15, 0.2) is 58.2 Å². The van der Waals surface area contributed by atoms with Crippen LogP contribution in [0.15, 0.2) is 126 Å². The third-order valence-electron chi connectivity index (χ3n) is 7.94. The van der Waals surface area contributed by atoms with Gasteiger partial charge in [-0.25, -0.2) is 43.9 Å². The Morgan fingerprint density at radius 3 is 1.02 bits per heavy atom. The third-order valence-corrected chi connectivity index (χ3v) is 13.2. The quantitative estimate of drug-likeness (QED) is 0.0391. The molecule has 1 nitrogen and oxygen atoms in total. The molecular formula is C38H20BF10NP2. The van der Waals surface area contributed by atoms with E-state index in [-0.39, 0.29) is 10.6 Å². The highest BCUT2D eigenvalue weighted by molar-refractivity contribution is 7.87. The molecule has 6 rings (SSSR count). The van der Waals surface area contributed by atoms with Gasteiger partial charge in [-0.05, 0) is 16.3 Å². The number of nitrogens with zero attached hydrogens (tertiary/aromatic N) is 1. The van der Waals surface area contributed by atoms with Crippen LogP contribution in [-0.4, -0.2) is 6.85 Å². The van der Waals surface area contributed by atoms with Crippen LogP contribution in [0.2, 0.25) is 0 Å². The van der Waals surface area contributed by atoms with Gasteiger partial charge in [-0.2, -0.15) is 0 Å². The first-order valence-corrected chi connectivity index (χ1v) is 18.2. The largest absolute Gasteiger partial charge is 0.356 e. The number of hydrogen-bond donors (Lipinski definition) is 0. The standard InChI is InChI=1S/C38H20BF10NP2/c40-29-27(30(41)34(45)37(48)33(29)44)39(28-31(42)35(46)38(49)36(47)32(28)43)50-52(25-17-9-3-10-18-25,26-19-11-4-12-20-26)22-21-51(23-13-5-1-6-14-23)24-15-7-2-8-16-24/h1-20H. The van der Waals surface area contributed by atoms with E-state index in [4.69, 9.17) is 0 Å². The Labute approximate surface area is 292 Å². The summed E-state index contributed by atoms with van der Waals surface area (Å²) < 4.78 is 155. The molecule has 0 unspecified atom stereocenters. The molecule has 0 radical (unpaired) electrons. The summed E-state index contributed by atoms with van der Waals surface area (Å²) >= 11 is 0. The molecule has 0 atom stereocenters. The zero-order valence-electron chi connectivity index (χ0n) is 26.2. The molecule has 0 fully saturated rings. The SMILES string of the molecule is Fc1c(F)c(F)c(B(N=P(C#CP(c2ccccc2)c2ccccc2)(c2ccccc2)c2ccccc2)c2c(F)c(F)c(F)c(F)c2F)c(F)c1F. The van der Waals surface area contributed by atoms with Crippen molar-refractivity contribution in [2.75, 3.05) is 0 Å². The molecule has 0 heterocycles. The van der Waals surface area contributed by atoms with Crippen molar-refractivity contribution in [1.29, 1.82) is 0 Å². The van der Waals surface area contributed by atoms with E-state index in [2.05, 4.69) is 16.0 Å². The molecule has 0 saturated heterocycles. The highest BCUT2D eigenvalue weighted by Crippen LogP contribution is 2.48. The molecule has 0 bridgehead atoms. The molecule has 0 N–H and O–H groups in total. The van der Waals surface area contributed by atoms with Gasteiger partial charge in [0.2, 0.25) is 0 Å². The van der Waals surface area contributed by atoms with Gasteiger partial charge >= 0.3 is 6.85 Å². The fraction of sp³-hybridized carbons (Fsp3) is 0. The maximum Gasteiger partial charge on any atom is 0.356 e. The van der Waals surface area contributed by atoms with E-state index < -0.39 is 90.9 Å². The van der Waals surface area contributed by atoms with Gasteiger partial charge in [0, 0.05) is 29.5 Å². The Hall–Kier alpha value is -5.10. The van der Waals surface area contributed by atoms with Crippen molar-refractivity contribution in [2.45, 2.75) is 0 Å². The van der Waals surface area contributed by atoms with Gasteiger partial charge in [0.1, 0.15) is 0 Å². The van der Waals surface area contributed by atoms with Crippen molar-refractivity contribution in [3.8, 4) is 11.3 Å². The Morgan fingerprint density at radius 1 is 0.404 bits per heavy atom. The van der Waals surface area contributed by atoms with Gasteiger partial charge < -0.3 is 4.66 Å². The molecular weight excluding hydrogens is 733 g/mol. The minimum absolute atomic E-state index is 0.169. The Kier molecular flexibility index (Phi) is 10.8. The third kappa shape index (κ3) is 6.67. The molecule has 0 spiro atoms. The topological polar surface area (TPSA) is 12.4 Å². The molecule has 0 aliphatic heterocycles. The molecule has 0 amide bonds. The predicted octanol–water partition coefficient (Wildman–Crippen LogP) is 8.09. The number of rotatable bonds is 7. The van der Waals surface area contributed by atoms with Crippen LogP contribution in [0.25, 0.3) is 0 Å². The number of benzene rings is 6. The molecule has 0 aliphatic carbocycles. The van der Waals surface area contributed by atoms with E-state index in [1.165, 1.54) is 48.5 Å². The summed E-state index contributed by atoms with van der Waals surface area (Å²) in [5, 5.41) is 1.79. The van der Waals surface area contributed by atoms with Crippen LogP contribution >= 0.6 is 15.0 Å². The highest BCUT2D eigenvalue weighted by atomic mass is 31.2. The van der Waals surface area contributed by atoms with Gasteiger partial charge in [0.25, 0.3) is 0 Å². The van der Waals surface area contributed by atoms with Crippen LogP contribution in [0.1, 0.15) is 0 Å². The van der Waals surface area contributed by atoms with Crippen molar-refractivity contribution >= 4 is 54.0 Å². The van der Waals surface area contributed by atoms with Crippen molar-refractivity contribution < 1.29 is 43.9 Å². The summed E-state index contributed by atoms with van der Waals surface area (Å²) in [7, 11) is -5.72. The Bertz CT molecular complexity index is 2180. The second-order valence-electron chi connectivity index (χ2n) is 11.0. The van der Waals surface area contributed by atoms with E-state index in [0.717, 1.165) is 10.6 Å². The Balaban J connectivity index is 1.84. The number of hydrogen-bond acceptors (Lipinski definition) is 1. The van der Waals surface area contributed by atoms with Crippen LogP contribution in [0, 0.1) is 69.5 Å².